The van der Waals surface area contributed by atoms with Gasteiger partial charge in [-0.05, 0) is 44.2 Å². The zero-order chi connectivity index (χ0) is 12.4. The molecule has 0 aromatic carbocycles. The highest BCUT2D eigenvalue weighted by Crippen LogP contribution is 2.30. The van der Waals surface area contributed by atoms with Gasteiger partial charge in [0.05, 0.1) is 6.54 Å². The van der Waals surface area contributed by atoms with Gasteiger partial charge in [0.15, 0.2) is 0 Å². The van der Waals surface area contributed by atoms with E-state index >= 15 is 0 Å². The molecule has 17 heavy (non-hydrogen) atoms. The van der Waals surface area contributed by atoms with Gasteiger partial charge in [0.2, 0.25) is 0 Å². The number of carboxylic acid groups (broad SMARTS) is 1. The van der Waals surface area contributed by atoms with Gasteiger partial charge < -0.3 is 5.11 Å². The molecule has 0 spiro atoms. The second kappa shape index (κ2) is 5.19. The molecule has 0 aliphatic heterocycles. The Bertz CT molecular complexity index is 410. The Kier molecular flexibility index (Phi) is 3.84. The van der Waals surface area contributed by atoms with Crippen LogP contribution in [-0.4, -0.2) is 29.1 Å². The molecular formula is C13H19NO2S. The van der Waals surface area contributed by atoms with Gasteiger partial charge in [-0.15, -0.1) is 11.3 Å². The first kappa shape index (κ1) is 12.6. The van der Waals surface area contributed by atoms with Crippen LogP contribution in [0.1, 0.15) is 28.2 Å². The minimum atomic E-state index is -0.727. The fourth-order valence-electron chi connectivity index (χ4n) is 2.12. The first-order chi connectivity index (χ1) is 8.04. The molecular weight excluding hydrogens is 234 g/mol. The molecule has 94 valence electrons. The predicted octanol–water partition coefficient (Wildman–Crippen LogP) is 2.66. The van der Waals surface area contributed by atoms with Gasteiger partial charge in [-0.2, -0.15) is 0 Å². The highest BCUT2D eigenvalue weighted by Gasteiger charge is 2.25. The molecule has 1 heterocycles. The van der Waals surface area contributed by atoms with Gasteiger partial charge in [-0.3, -0.25) is 9.69 Å². The van der Waals surface area contributed by atoms with Crippen molar-refractivity contribution < 1.29 is 9.90 Å². The van der Waals surface area contributed by atoms with Crippen LogP contribution in [0.15, 0.2) is 6.07 Å². The van der Waals surface area contributed by atoms with E-state index in [0.717, 1.165) is 19.0 Å². The monoisotopic (exact) mass is 253 g/mol. The highest BCUT2D eigenvalue weighted by atomic mass is 32.1. The molecule has 0 unspecified atom stereocenters. The number of hydrogen-bond acceptors (Lipinski definition) is 3. The third kappa shape index (κ3) is 3.82. The van der Waals surface area contributed by atoms with Crippen LogP contribution in [0.2, 0.25) is 0 Å². The van der Waals surface area contributed by atoms with E-state index in [2.05, 4.69) is 24.8 Å². The summed E-state index contributed by atoms with van der Waals surface area (Å²) in [6, 6.07) is 2.18. The average molecular weight is 253 g/mol. The topological polar surface area (TPSA) is 40.5 Å². The summed E-state index contributed by atoms with van der Waals surface area (Å²) < 4.78 is 0. The van der Waals surface area contributed by atoms with Crippen molar-refractivity contribution in [3.05, 3.63) is 21.4 Å². The van der Waals surface area contributed by atoms with Crippen molar-refractivity contribution in [1.82, 2.24) is 4.90 Å². The van der Waals surface area contributed by atoms with E-state index in [-0.39, 0.29) is 6.54 Å². The highest BCUT2D eigenvalue weighted by molar-refractivity contribution is 7.12. The molecule has 0 atom stereocenters. The Morgan fingerprint density at radius 3 is 2.71 bits per heavy atom. The molecule has 0 radical (unpaired) electrons. The van der Waals surface area contributed by atoms with Gasteiger partial charge in [-0.1, -0.05) is 0 Å². The van der Waals surface area contributed by atoms with Crippen molar-refractivity contribution >= 4 is 17.3 Å². The van der Waals surface area contributed by atoms with E-state index in [4.69, 9.17) is 5.11 Å². The van der Waals surface area contributed by atoms with E-state index in [1.165, 1.54) is 28.2 Å². The van der Waals surface area contributed by atoms with Crippen molar-refractivity contribution in [2.45, 2.75) is 33.2 Å². The fraction of sp³-hybridized carbons (Fsp3) is 0.615. The van der Waals surface area contributed by atoms with Crippen molar-refractivity contribution in [3.63, 3.8) is 0 Å². The van der Waals surface area contributed by atoms with Crippen LogP contribution >= 0.6 is 11.3 Å². The first-order valence-electron chi connectivity index (χ1n) is 6.04. The zero-order valence-corrected chi connectivity index (χ0v) is 11.2. The van der Waals surface area contributed by atoms with Crippen molar-refractivity contribution in [3.8, 4) is 0 Å². The van der Waals surface area contributed by atoms with Gasteiger partial charge in [0.1, 0.15) is 0 Å². The minimum Gasteiger partial charge on any atom is -0.480 e. The Labute approximate surface area is 106 Å². The lowest BCUT2D eigenvalue weighted by atomic mass is 10.2. The third-order valence-electron chi connectivity index (χ3n) is 3.11. The van der Waals surface area contributed by atoms with Crippen molar-refractivity contribution in [2.75, 3.05) is 13.1 Å². The number of aryl methyl sites for hydroxylation is 2. The summed E-state index contributed by atoms with van der Waals surface area (Å²) in [5.41, 5.74) is 1.29. The number of aliphatic carboxylic acids is 1. The van der Waals surface area contributed by atoms with Gasteiger partial charge in [0.25, 0.3) is 0 Å². The average Bonchev–Trinajstić information content (AvgIpc) is 2.93. The molecule has 1 aromatic heterocycles. The molecule has 1 aromatic rings. The van der Waals surface area contributed by atoms with Gasteiger partial charge in [-0.25, -0.2) is 0 Å². The summed E-state index contributed by atoms with van der Waals surface area (Å²) in [6.45, 7) is 6.08. The number of nitrogens with zero attached hydrogens (tertiary/aromatic N) is 1. The van der Waals surface area contributed by atoms with Crippen LogP contribution in [0.25, 0.3) is 0 Å². The summed E-state index contributed by atoms with van der Waals surface area (Å²) in [7, 11) is 0. The lowest BCUT2D eigenvalue weighted by Gasteiger charge is -2.19. The second-order valence-electron chi connectivity index (χ2n) is 4.95. The Morgan fingerprint density at radius 1 is 1.53 bits per heavy atom. The Balaban J connectivity index is 1.99. The van der Waals surface area contributed by atoms with Gasteiger partial charge in [0, 0.05) is 22.8 Å². The lowest BCUT2D eigenvalue weighted by Crippen LogP contribution is -2.31. The van der Waals surface area contributed by atoms with Crippen LogP contribution < -0.4 is 0 Å². The lowest BCUT2D eigenvalue weighted by molar-refractivity contribution is -0.138. The van der Waals surface area contributed by atoms with Crippen molar-refractivity contribution in [1.29, 1.82) is 0 Å². The summed E-state index contributed by atoms with van der Waals surface area (Å²) >= 11 is 1.79. The maximum absolute atomic E-state index is 10.9. The van der Waals surface area contributed by atoms with E-state index in [9.17, 15) is 4.79 Å². The van der Waals surface area contributed by atoms with Gasteiger partial charge >= 0.3 is 5.97 Å². The van der Waals surface area contributed by atoms with E-state index in [1.54, 1.807) is 11.3 Å². The molecule has 0 bridgehead atoms. The van der Waals surface area contributed by atoms with E-state index in [1.807, 2.05) is 0 Å². The molecule has 2 rings (SSSR count). The molecule has 1 fully saturated rings. The molecule has 1 N–H and O–H groups in total. The van der Waals surface area contributed by atoms with Crippen LogP contribution in [0.5, 0.6) is 0 Å². The standard InChI is InChI=1S/C13H19NO2S/c1-9-5-12(10(2)17-9)7-14(8-13(15)16)6-11-3-4-11/h5,11H,3-4,6-8H2,1-2H3,(H,15,16). The summed E-state index contributed by atoms with van der Waals surface area (Å²) in [5.74, 6) is 0.00430. The molecule has 4 heteroatoms. The third-order valence-corrected chi connectivity index (χ3v) is 4.12. The molecule has 1 aliphatic carbocycles. The maximum Gasteiger partial charge on any atom is 0.317 e. The number of carboxylic acids is 1. The zero-order valence-electron chi connectivity index (χ0n) is 10.4. The SMILES string of the molecule is Cc1cc(CN(CC(=O)O)CC2CC2)c(C)s1. The predicted molar refractivity (Wildman–Crippen MR) is 69.4 cm³/mol. The number of hydrogen-bond donors (Lipinski definition) is 1. The summed E-state index contributed by atoms with van der Waals surface area (Å²) in [4.78, 5) is 15.5. The van der Waals surface area contributed by atoms with E-state index in [0.29, 0.717) is 0 Å². The fourth-order valence-corrected chi connectivity index (χ4v) is 3.06. The van der Waals surface area contributed by atoms with E-state index < -0.39 is 5.97 Å². The molecule has 1 saturated carbocycles. The molecule has 0 saturated heterocycles. The largest absolute Gasteiger partial charge is 0.480 e. The number of rotatable bonds is 6. The van der Waals surface area contributed by atoms with Crippen LogP contribution in [-0.2, 0) is 11.3 Å². The van der Waals surface area contributed by atoms with Crippen LogP contribution in [0, 0.1) is 19.8 Å². The summed E-state index contributed by atoms with van der Waals surface area (Å²) in [5, 5.41) is 8.93. The number of thiophene rings is 1. The second-order valence-corrected chi connectivity index (χ2v) is 6.41. The number of carbonyl (C=O) groups is 1. The maximum atomic E-state index is 10.9. The van der Waals surface area contributed by atoms with Crippen LogP contribution in [0.4, 0.5) is 0 Å². The molecule has 3 nitrogen and oxygen atoms in total. The molecule has 0 amide bonds. The molecule has 1 aliphatic rings. The minimum absolute atomic E-state index is 0.158. The Morgan fingerprint density at radius 2 is 2.24 bits per heavy atom. The summed E-state index contributed by atoms with van der Waals surface area (Å²) in [6.07, 6.45) is 2.52. The van der Waals surface area contributed by atoms with Crippen LogP contribution in [0.3, 0.4) is 0 Å². The Hall–Kier alpha value is -0.870. The normalized spacial score (nSPS) is 15.5. The smallest absolute Gasteiger partial charge is 0.317 e. The van der Waals surface area contributed by atoms with Crippen molar-refractivity contribution in [2.24, 2.45) is 5.92 Å². The first-order valence-corrected chi connectivity index (χ1v) is 6.86. The quantitative estimate of drug-likeness (QED) is 0.847.